The van der Waals surface area contributed by atoms with Crippen molar-refractivity contribution in [1.82, 2.24) is 4.90 Å². The van der Waals surface area contributed by atoms with Crippen molar-refractivity contribution in [2.45, 2.75) is 13.3 Å². The maximum atomic E-state index is 12.8. The molecular weight excluding hydrogens is 348 g/mol. The number of para-hydroxylation sites is 1. The molecule has 1 fully saturated rings. The largest absolute Gasteiger partial charge is 0.480 e. The van der Waals surface area contributed by atoms with Crippen LogP contribution in [-0.4, -0.2) is 45.2 Å². The van der Waals surface area contributed by atoms with E-state index in [9.17, 15) is 14.4 Å². The minimum Gasteiger partial charge on any atom is -0.480 e. The summed E-state index contributed by atoms with van der Waals surface area (Å²) < 4.78 is 0.157. The van der Waals surface area contributed by atoms with Crippen LogP contribution in [0, 0.1) is 0 Å². The Morgan fingerprint density at radius 1 is 1.21 bits per heavy atom. The molecule has 1 N–H and O–H groups in total. The molecular formula is C16H14N2O4S2. The van der Waals surface area contributed by atoms with E-state index in [2.05, 4.69) is 0 Å². The van der Waals surface area contributed by atoms with E-state index in [0.717, 1.165) is 28.8 Å². The first-order valence-electron chi connectivity index (χ1n) is 7.36. The van der Waals surface area contributed by atoms with Gasteiger partial charge in [-0.1, -0.05) is 49.1 Å². The molecule has 2 amide bonds. The van der Waals surface area contributed by atoms with Crippen LogP contribution in [0.1, 0.15) is 18.9 Å². The summed E-state index contributed by atoms with van der Waals surface area (Å²) in [5.41, 5.74) is 1.76. The lowest BCUT2D eigenvalue weighted by Crippen LogP contribution is -2.33. The van der Waals surface area contributed by atoms with Crippen molar-refractivity contribution in [3.63, 3.8) is 0 Å². The first-order valence-corrected chi connectivity index (χ1v) is 8.59. The lowest BCUT2D eigenvalue weighted by atomic mass is 10.1. The smallest absolute Gasteiger partial charge is 0.323 e. The normalized spacial score (nSPS) is 20.1. The second-order valence-electron chi connectivity index (χ2n) is 5.33. The first kappa shape index (κ1) is 16.7. The molecule has 0 saturated carbocycles. The highest BCUT2D eigenvalue weighted by molar-refractivity contribution is 8.26. The molecule has 1 aromatic carbocycles. The molecule has 0 bridgehead atoms. The summed E-state index contributed by atoms with van der Waals surface area (Å²) in [5, 5.41) is 8.93. The molecule has 8 heteroatoms. The van der Waals surface area contributed by atoms with Gasteiger partial charge in [-0.2, -0.15) is 0 Å². The van der Waals surface area contributed by atoms with Crippen LogP contribution in [0.3, 0.4) is 0 Å². The molecule has 1 saturated heterocycles. The van der Waals surface area contributed by atoms with E-state index in [-0.39, 0.29) is 15.1 Å². The molecule has 0 spiro atoms. The Bertz CT molecular complexity index is 803. The van der Waals surface area contributed by atoms with Gasteiger partial charge in [-0.05, 0) is 12.5 Å². The highest BCUT2D eigenvalue weighted by Crippen LogP contribution is 2.44. The maximum absolute atomic E-state index is 12.8. The van der Waals surface area contributed by atoms with Gasteiger partial charge in [0.1, 0.15) is 10.9 Å². The van der Waals surface area contributed by atoms with Gasteiger partial charge in [0.2, 0.25) is 0 Å². The van der Waals surface area contributed by atoms with Gasteiger partial charge in [0.25, 0.3) is 11.8 Å². The lowest BCUT2D eigenvalue weighted by molar-refractivity contribution is -0.140. The van der Waals surface area contributed by atoms with Crippen molar-refractivity contribution in [3.05, 3.63) is 34.7 Å². The summed E-state index contributed by atoms with van der Waals surface area (Å²) in [6, 6.07) is 7.28. The van der Waals surface area contributed by atoms with Gasteiger partial charge in [-0.3, -0.25) is 19.3 Å². The van der Waals surface area contributed by atoms with Crippen LogP contribution in [0.4, 0.5) is 5.69 Å². The fourth-order valence-corrected chi connectivity index (χ4v) is 4.09. The summed E-state index contributed by atoms with van der Waals surface area (Å²) in [6.07, 6.45) is 0.785. The maximum Gasteiger partial charge on any atom is 0.323 e. The van der Waals surface area contributed by atoms with E-state index >= 15 is 0 Å². The van der Waals surface area contributed by atoms with Gasteiger partial charge >= 0.3 is 5.97 Å². The Hall–Kier alpha value is -2.19. The number of benzene rings is 1. The van der Waals surface area contributed by atoms with Crippen LogP contribution >= 0.6 is 24.0 Å². The molecule has 1 aromatic rings. The van der Waals surface area contributed by atoms with Gasteiger partial charge in [0.15, 0.2) is 0 Å². The number of amides is 2. The number of hydrogen-bond acceptors (Lipinski definition) is 5. The fourth-order valence-electron chi connectivity index (χ4n) is 2.77. The summed E-state index contributed by atoms with van der Waals surface area (Å²) >= 11 is 6.10. The van der Waals surface area contributed by atoms with Gasteiger partial charge in [0.05, 0.1) is 16.2 Å². The number of thiocarbonyl (C=S) groups is 1. The summed E-state index contributed by atoms with van der Waals surface area (Å²) in [6.45, 7) is 2.02. The third-order valence-electron chi connectivity index (χ3n) is 3.74. The number of aliphatic carboxylic acids is 1. The number of carboxylic acid groups (broad SMARTS) is 1. The number of rotatable bonds is 4. The Labute approximate surface area is 148 Å². The molecule has 24 heavy (non-hydrogen) atoms. The van der Waals surface area contributed by atoms with E-state index < -0.39 is 18.4 Å². The molecule has 2 aliphatic heterocycles. The summed E-state index contributed by atoms with van der Waals surface area (Å²) in [7, 11) is 0. The van der Waals surface area contributed by atoms with E-state index in [0.29, 0.717) is 17.7 Å². The van der Waals surface area contributed by atoms with Gasteiger partial charge in [-0.15, -0.1) is 0 Å². The highest BCUT2D eigenvalue weighted by Gasteiger charge is 2.42. The second-order valence-corrected chi connectivity index (χ2v) is 6.98. The van der Waals surface area contributed by atoms with E-state index in [1.54, 1.807) is 17.0 Å². The zero-order chi connectivity index (χ0) is 17.4. The minimum atomic E-state index is -1.15. The molecule has 3 rings (SSSR count). The Morgan fingerprint density at radius 3 is 2.58 bits per heavy atom. The molecule has 0 atom stereocenters. The van der Waals surface area contributed by atoms with Crippen LogP contribution in [-0.2, 0) is 14.4 Å². The Morgan fingerprint density at radius 2 is 1.92 bits per heavy atom. The Kier molecular flexibility index (Phi) is 4.42. The second kappa shape index (κ2) is 6.37. The first-order chi connectivity index (χ1) is 11.5. The molecule has 124 valence electrons. The van der Waals surface area contributed by atoms with Gasteiger partial charge in [-0.25, -0.2) is 0 Å². The number of anilines is 1. The number of carboxylic acids is 1. The van der Waals surface area contributed by atoms with Crippen molar-refractivity contribution in [2.24, 2.45) is 0 Å². The quantitative estimate of drug-likeness (QED) is 0.653. The SMILES string of the molecule is CCCN1C(=O)/C(=C2\SC(=S)N(CC(=O)O)C2=O)c2ccccc21. The Balaban J connectivity index is 2.10. The lowest BCUT2D eigenvalue weighted by Gasteiger charge is -2.15. The summed E-state index contributed by atoms with van der Waals surface area (Å²) in [5.74, 6) is -1.92. The predicted molar refractivity (Wildman–Crippen MR) is 95.5 cm³/mol. The van der Waals surface area contributed by atoms with E-state index in [1.165, 1.54) is 0 Å². The van der Waals surface area contributed by atoms with Crippen LogP contribution in [0.2, 0.25) is 0 Å². The zero-order valence-corrected chi connectivity index (χ0v) is 14.4. The van der Waals surface area contributed by atoms with Crippen LogP contribution in [0.25, 0.3) is 5.57 Å². The van der Waals surface area contributed by atoms with Crippen molar-refractivity contribution in [1.29, 1.82) is 0 Å². The number of fused-ring (bicyclic) bond motifs is 1. The predicted octanol–water partition coefficient (Wildman–Crippen LogP) is 2.10. The van der Waals surface area contributed by atoms with Crippen molar-refractivity contribution in [3.8, 4) is 0 Å². The third kappa shape index (κ3) is 2.61. The molecule has 2 aliphatic rings. The molecule has 2 heterocycles. The molecule has 0 radical (unpaired) electrons. The zero-order valence-electron chi connectivity index (χ0n) is 12.8. The van der Waals surface area contributed by atoms with Gasteiger partial charge in [0, 0.05) is 12.1 Å². The van der Waals surface area contributed by atoms with Gasteiger partial charge < -0.3 is 10.0 Å². The average molecular weight is 362 g/mol. The average Bonchev–Trinajstić information content (AvgIpc) is 2.96. The van der Waals surface area contributed by atoms with Crippen molar-refractivity contribution in [2.75, 3.05) is 18.0 Å². The highest BCUT2D eigenvalue weighted by atomic mass is 32.2. The summed E-state index contributed by atoms with van der Waals surface area (Å²) in [4.78, 5) is 39.2. The van der Waals surface area contributed by atoms with Crippen molar-refractivity contribution >= 4 is 57.3 Å². The molecule has 0 unspecified atom stereocenters. The fraction of sp³-hybridized carbons (Fsp3) is 0.250. The topological polar surface area (TPSA) is 77.9 Å². The van der Waals surface area contributed by atoms with Crippen LogP contribution in [0.15, 0.2) is 29.2 Å². The number of thioether (sulfide) groups is 1. The third-order valence-corrected chi connectivity index (χ3v) is 5.19. The van der Waals surface area contributed by atoms with Crippen LogP contribution in [0.5, 0.6) is 0 Å². The number of carbonyl (C=O) groups excluding carboxylic acids is 2. The number of nitrogens with zero attached hydrogens (tertiary/aromatic N) is 2. The minimum absolute atomic E-state index is 0.157. The number of carbonyl (C=O) groups is 3. The van der Waals surface area contributed by atoms with E-state index in [1.807, 2.05) is 19.1 Å². The van der Waals surface area contributed by atoms with Crippen molar-refractivity contribution < 1.29 is 19.5 Å². The molecule has 0 aromatic heterocycles. The van der Waals surface area contributed by atoms with E-state index in [4.69, 9.17) is 17.3 Å². The number of hydrogen-bond donors (Lipinski definition) is 1. The standard InChI is InChI=1S/C16H14N2O4S2/c1-2-7-17-10-6-4-3-5-9(10)12(14(17)21)13-15(22)18(8-11(19)20)16(23)24-13/h3-6H,2,7-8H2,1H3,(H,19,20)/b13-12-. The monoisotopic (exact) mass is 362 g/mol. The molecule has 6 nitrogen and oxygen atoms in total. The molecule has 0 aliphatic carbocycles. The van der Waals surface area contributed by atoms with Crippen LogP contribution < -0.4 is 4.90 Å².